The van der Waals surface area contributed by atoms with Crippen LogP contribution in [0.5, 0.6) is 0 Å². The number of fused-ring (bicyclic) bond motifs is 1. The molecular weight excluding hydrogens is 378 g/mol. The standard InChI is InChI=1S/C26H26ClNO/c1-18-13-14-22-23(15-18)28(24(29)19-9-8-12-21(27)16-19)25(2,3)17-26(22,4)20-10-6-5-7-11-20/h5-16H,17H2,1-4H3/t26-/m1/s1. The van der Waals surface area contributed by atoms with Gasteiger partial charge in [-0.3, -0.25) is 4.79 Å². The Hall–Kier alpha value is -2.58. The Kier molecular flexibility index (Phi) is 4.78. The minimum Gasteiger partial charge on any atom is -0.302 e. The van der Waals surface area contributed by atoms with Gasteiger partial charge in [0.25, 0.3) is 5.91 Å². The van der Waals surface area contributed by atoms with E-state index in [1.54, 1.807) is 12.1 Å². The number of hydrogen-bond donors (Lipinski definition) is 0. The van der Waals surface area contributed by atoms with E-state index < -0.39 is 0 Å². The van der Waals surface area contributed by atoms with Crippen molar-refractivity contribution >= 4 is 23.2 Å². The predicted molar refractivity (Wildman–Crippen MR) is 121 cm³/mol. The summed E-state index contributed by atoms with van der Waals surface area (Å²) < 4.78 is 0. The lowest BCUT2D eigenvalue weighted by Crippen LogP contribution is -2.55. The summed E-state index contributed by atoms with van der Waals surface area (Å²) in [4.78, 5) is 15.6. The van der Waals surface area contributed by atoms with Crippen molar-refractivity contribution in [1.29, 1.82) is 0 Å². The first-order chi connectivity index (χ1) is 13.7. The van der Waals surface area contributed by atoms with E-state index in [2.05, 4.69) is 70.2 Å². The second-order valence-electron chi connectivity index (χ2n) is 8.86. The highest BCUT2D eigenvalue weighted by molar-refractivity contribution is 6.31. The summed E-state index contributed by atoms with van der Waals surface area (Å²) in [6.07, 6.45) is 0.826. The van der Waals surface area contributed by atoms with Crippen LogP contribution in [0.25, 0.3) is 0 Å². The molecule has 0 radical (unpaired) electrons. The highest BCUT2D eigenvalue weighted by atomic mass is 35.5. The lowest BCUT2D eigenvalue weighted by molar-refractivity contribution is 0.0948. The highest BCUT2D eigenvalue weighted by Crippen LogP contribution is 2.51. The molecule has 148 valence electrons. The maximum atomic E-state index is 13.7. The Balaban J connectivity index is 1.93. The largest absolute Gasteiger partial charge is 0.302 e. The van der Waals surface area contributed by atoms with Crippen LogP contribution in [0.3, 0.4) is 0 Å². The number of carbonyl (C=O) groups is 1. The molecule has 3 aromatic rings. The van der Waals surface area contributed by atoms with Gasteiger partial charge >= 0.3 is 0 Å². The van der Waals surface area contributed by atoms with Crippen LogP contribution in [0.15, 0.2) is 72.8 Å². The van der Waals surface area contributed by atoms with Gasteiger partial charge in [-0.2, -0.15) is 0 Å². The third-order valence-electron chi connectivity index (χ3n) is 6.07. The molecule has 1 atom stereocenters. The van der Waals surface area contributed by atoms with Crippen molar-refractivity contribution in [2.75, 3.05) is 4.90 Å². The van der Waals surface area contributed by atoms with E-state index in [0.29, 0.717) is 10.6 Å². The molecule has 0 unspecified atom stereocenters. The van der Waals surface area contributed by atoms with Gasteiger partial charge in [0.15, 0.2) is 0 Å². The van der Waals surface area contributed by atoms with Crippen molar-refractivity contribution < 1.29 is 4.79 Å². The van der Waals surface area contributed by atoms with Crippen molar-refractivity contribution in [2.45, 2.75) is 45.1 Å². The fraction of sp³-hybridized carbons (Fsp3) is 0.269. The topological polar surface area (TPSA) is 20.3 Å². The van der Waals surface area contributed by atoms with Crippen LogP contribution >= 0.6 is 11.6 Å². The molecule has 0 fully saturated rings. The highest BCUT2D eigenvalue weighted by Gasteiger charge is 2.47. The molecular formula is C26H26ClNO. The molecule has 1 amide bonds. The van der Waals surface area contributed by atoms with Gasteiger partial charge in [0.05, 0.1) is 0 Å². The van der Waals surface area contributed by atoms with Crippen LogP contribution in [0, 0.1) is 6.92 Å². The minimum absolute atomic E-state index is 0.0144. The van der Waals surface area contributed by atoms with Gasteiger partial charge in [-0.15, -0.1) is 0 Å². The molecule has 0 aromatic heterocycles. The zero-order valence-corrected chi connectivity index (χ0v) is 18.1. The molecule has 3 heteroatoms. The summed E-state index contributed by atoms with van der Waals surface area (Å²) in [6, 6.07) is 24.3. The summed E-state index contributed by atoms with van der Waals surface area (Å²) in [7, 11) is 0. The average molecular weight is 404 g/mol. The summed E-state index contributed by atoms with van der Waals surface area (Å²) >= 11 is 6.18. The van der Waals surface area contributed by atoms with Gasteiger partial charge < -0.3 is 4.90 Å². The van der Waals surface area contributed by atoms with Crippen LogP contribution in [-0.4, -0.2) is 11.4 Å². The van der Waals surface area contributed by atoms with E-state index in [1.165, 1.54) is 11.1 Å². The van der Waals surface area contributed by atoms with Gasteiger partial charge in [-0.1, -0.05) is 67.1 Å². The predicted octanol–water partition coefficient (Wildman–Crippen LogP) is 6.78. The number of benzene rings is 3. The second-order valence-corrected chi connectivity index (χ2v) is 9.30. The summed E-state index contributed by atoms with van der Waals surface area (Å²) in [5.41, 5.74) is 4.64. The number of halogens is 1. The average Bonchev–Trinajstić information content (AvgIpc) is 2.67. The van der Waals surface area contributed by atoms with E-state index in [1.807, 2.05) is 23.1 Å². The van der Waals surface area contributed by atoms with Crippen LogP contribution < -0.4 is 4.90 Å². The van der Waals surface area contributed by atoms with Crippen LogP contribution in [0.4, 0.5) is 5.69 Å². The van der Waals surface area contributed by atoms with Gasteiger partial charge in [0.1, 0.15) is 0 Å². The monoisotopic (exact) mass is 403 g/mol. The first kappa shape index (κ1) is 19.7. The van der Waals surface area contributed by atoms with Crippen molar-refractivity contribution in [3.05, 3.63) is 100 Å². The van der Waals surface area contributed by atoms with Crippen molar-refractivity contribution in [3.63, 3.8) is 0 Å². The second kappa shape index (κ2) is 7.03. The maximum absolute atomic E-state index is 13.7. The molecule has 0 saturated heterocycles. The smallest absolute Gasteiger partial charge is 0.258 e. The number of hydrogen-bond acceptors (Lipinski definition) is 1. The van der Waals surface area contributed by atoms with Gasteiger partial charge in [-0.25, -0.2) is 0 Å². The molecule has 29 heavy (non-hydrogen) atoms. The van der Waals surface area contributed by atoms with Crippen LogP contribution in [0.1, 0.15) is 54.2 Å². The van der Waals surface area contributed by atoms with Gasteiger partial charge in [0.2, 0.25) is 0 Å². The third-order valence-corrected chi connectivity index (χ3v) is 6.30. The molecule has 1 heterocycles. The fourth-order valence-electron chi connectivity index (χ4n) is 4.86. The van der Waals surface area contributed by atoms with E-state index >= 15 is 0 Å². The van der Waals surface area contributed by atoms with E-state index in [0.717, 1.165) is 17.7 Å². The summed E-state index contributed by atoms with van der Waals surface area (Å²) in [6.45, 7) is 8.67. The van der Waals surface area contributed by atoms with Crippen molar-refractivity contribution in [3.8, 4) is 0 Å². The Labute approximate surface area is 178 Å². The Morgan fingerprint density at radius 2 is 1.66 bits per heavy atom. The molecule has 1 aliphatic heterocycles. The van der Waals surface area contributed by atoms with E-state index in [-0.39, 0.29) is 16.9 Å². The molecule has 0 aliphatic carbocycles. The number of carbonyl (C=O) groups excluding carboxylic acids is 1. The first-order valence-corrected chi connectivity index (χ1v) is 10.4. The number of aryl methyl sites for hydroxylation is 1. The molecule has 0 spiro atoms. The summed E-state index contributed by atoms with van der Waals surface area (Å²) in [5.74, 6) is -0.0144. The lowest BCUT2D eigenvalue weighted by Gasteiger charge is -2.51. The Bertz CT molecular complexity index is 1070. The zero-order valence-electron chi connectivity index (χ0n) is 17.4. The molecule has 2 nitrogen and oxygen atoms in total. The zero-order chi connectivity index (χ0) is 20.8. The fourth-order valence-corrected chi connectivity index (χ4v) is 5.05. The van der Waals surface area contributed by atoms with Gasteiger partial charge in [-0.05, 0) is 68.1 Å². The number of rotatable bonds is 2. The Morgan fingerprint density at radius 3 is 2.34 bits per heavy atom. The quantitative estimate of drug-likeness (QED) is 0.461. The minimum atomic E-state index is -0.370. The van der Waals surface area contributed by atoms with Gasteiger partial charge in [0, 0.05) is 27.2 Å². The maximum Gasteiger partial charge on any atom is 0.258 e. The van der Waals surface area contributed by atoms with E-state index in [9.17, 15) is 4.79 Å². The molecule has 0 N–H and O–H groups in total. The van der Waals surface area contributed by atoms with Crippen LogP contribution in [-0.2, 0) is 5.41 Å². The molecule has 0 saturated carbocycles. The number of anilines is 1. The van der Waals surface area contributed by atoms with E-state index in [4.69, 9.17) is 11.6 Å². The first-order valence-electron chi connectivity index (χ1n) is 9.99. The lowest BCUT2D eigenvalue weighted by atomic mass is 9.65. The summed E-state index contributed by atoms with van der Waals surface area (Å²) in [5, 5.41) is 0.573. The Morgan fingerprint density at radius 1 is 0.931 bits per heavy atom. The van der Waals surface area contributed by atoms with Crippen molar-refractivity contribution in [1.82, 2.24) is 0 Å². The number of nitrogens with zero attached hydrogens (tertiary/aromatic N) is 1. The number of amides is 1. The molecule has 3 aromatic carbocycles. The molecule has 0 bridgehead atoms. The van der Waals surface area contributed by atoms with Crippen LogP contribution in [0.2, 0.25) is 5.02 Å². The third kappa shape index (κ3) is 3.36. The SMILES string of the molecule is Cc1ccc2c(c1)N(C(=O)c1cccc(Cl)c1)C(C)(C)C[C@]2(C)c1ccccc1. The normalized spacial score (nSPS) is 20.2. The van der Waals surface area contributed by atoms with Crippen molar-refractivity contribution in [2.24, 2.45) is 0 Å². The molecule has 4 rings (SSSR count). The molecule has 1 aliphatic rings.